The van der Waals surface area contributed by atoms with Gasteiger partial charge < -0.3 is 5.32 Å². The number of rotatable bonds is 0. The third-order valence-corrected chi connectivity index (χ3v) is 3.52. The molecular formula is C13H9NO. The van der Waals surface area contributed by atoms with Crippen LogP contribution < -0.4 is 5.32 Å². The van der Waals surface area contributed by atoms with Crippen LogP contribution in [-0.4, -0.2) is 5.91 Å². The molecule has 0 aromatic heterocycles. The molecule has 0 radical (unpaired) electrons. The van der Waals surface area contributed by atoms with Crippen molar-refractivity contribution in [3.63, 3.8) is 0 Å². The lowest BCUT2D eigenvalue weighted by Gasteiger charge is -2.03. The van der Waals surface area contributed by atoms with E-state index in [2.05, 4.69) is 29.6 Å². The molecular weight excluding hydrogens is 186 g/mol. The molecule has 15 heavy (non-hydrogen) atoms. The van der Waals surface area contributed by atoms with Crippen molar-refractivity contribution in [2.45, 2.75) is 12.3 Å². The van der Waals surface area contributed by atoms with Crippen LogP contribution in [0.4, 0.5) is 5.69 Å². The second-order valence-corrected chi connectivity index (χ2v) is 4.29. The summed E-state index contributed by atoms with van der Waals surface area (Å²) in [4.78, 5) is 11.7. The lowest BCUT2D eigenvalue weighted by Crippen LogP contribution is -2.11. The molecule has 2 aromatic carbocycles. The lowest BCUT2D eigenvalue weighted by molar-refractivity contribution is -0.116. The van der Waals surface area contributed by atoms with Crippen LogP contribution in [0.3, 0.4) is 0 Å². The molecule has 1 atom stereocenters. The van der Waals surface area contributed by atoms with Crippen molar-refractivity contribution in [2.24, 2.45) is 0 Å². The van der Waals surface area contributed by atoms with E-state index in [0.717, 1.165) is 12.1 Å². The summed E-state index contributed by atoms with van der Waals surface area (Å²) in [5, 5.41) is 5.50. The average molecular weight is 195 g/mol. The Morgan fingerprint density at radius 3 is 3.07 bits per heavy atom. The molecule has 1 aliphatic heterocycles. The van der Waals surface area contributed by atoms with Crippen LogP contribution in [0.1, 0.15) is 17.0 Å². The van der Waals surface area contributed by atoms with Gasteiger partial charge in [-0.3, -0.25) is 4.79 Å². The normalized spacial score (nSPS) is 21.1. The standard InChI is InChI=1S/C13H9NO/c15-13-9-6-8-3-1-2-7-4-5-10(14-13)12(9)11(7)8/h1-5,9H,6H2,(H,14,15). The van der Waals surface area contributed by atoms with Gasteiger partial charge in [-0.25, -0.2) is 0 Å². The van der Waals surface area contributed by atoms with Gasteiger partial charge in [-0.2, -0.15) is 0 Å². The second kappa shape index (κ2) is 2.22. The smallest absolute Gasteiger partial charge is 0.232 e. The Morgan fingerprint density at radius 1 is 1.20 bits per heavy atom. The van der Waals surface area contributed by atoms with Gasteiger partial charge in [0.25, 0.3) is 0 Å². The largest absolute Gasteiger partial charge is 0.325 e. The maximum atomic E-state index is 11.7. The monoisotopic (exact) mass is 195 g/mol. The second-order valence-electron chi connectivity index (χ2n) is 4.29. The van der Waals surface area contributed by atoms with Crippen molar-refractivity contribution in [3.8, 4) is 0 Å². The minimum Gasteiger partial charge on any atom is -0.325 e. The van der Waals surface area contributed by atoms with E-state index in [-0.39, 0.29) is 11.8 Å². The topological polar surface area (TPSA) is 29.1 Å². The summed E-state index contributed by atoms with van der Waals surface area (Å²) in [6, 6.07) is 10.4. The molecule has 0 saturated carbocycles. The molecule has 1 aliphatic carbocycles. The zero-order valence-electron chi connectivity index (χ0n) is 8.08. The predicted octanol–water partition coefficient (Wildman–Crippen LogP) is 2.43. The third-order valence-electron chi connectivity index (χ3n) is 3.52. The molecule has 4 rings (SSSR count). The number of anilines is 1. The molecule has 0 saturated heterocycles. The van der Waals surface area contributed by atoms with Crippen LogP contribution >= 0.6 is 0 Å². The van der Waals surface area contributed by atoms with Gasteiger partial charge in [-0.05, 0) is 34.4 Å². The Kier molecular flexibility index (Phi) is 1.10. The Morgan fingerprint density at radius 2 is 2.13 bits per heavy atom. The predicted molar refractivity (Wildman–Crippen MR) is 59.0 cm³/mol. The van der Waals surface area contributed by atoms with Crippen LogP contribution in [0.5, 0.6) is 0 Å². The Hall–Kier alpha value is -1.83. The first-order valence-corrected chi connectivity index (χ1v) is 5.20. The molecule has 1 N–H and O–H groups in total. The molecule has 1 unspecified atom stereocenters. The minimum atomic E-state index is 0.0705. The molecule has 72 valence electrons. The Balaban J connectivity index is 2.25. The van der Waals surface area contributed by atoms with Crippen molar-refractivity contribution in [2.75, 3.05) is 5.32 Å². The molecule has 0 spiro atoms. The zero-order valence-corrected chi connectivity index (χ0v) is 8.08. The van der Waals surface area contributed by atoms with E-state index in [1.807, 2.05) is 6.07 Å². The summed E-state index contributed by atoms with van der Waals surface area (Å²) < 4.78 is 0. The number of carbonyl (C=O) groups excluding carboxylic acids is 1. The highest BCUT2D eigenvalue weighted by Gasteiger charge is 2.37. The molecule has 1 amide bonds. The van der Waals surface area contributed by atoms with Gasteiger partial charge in [-0.15, -0.1) is 0 Å². The summed E-state index contributed by atoms with van der Waals surface area (Å²) >= 11 is 0. The van der Waals surface area contributed by atoms with Crippen LogP contribution in [0.25, 0.3) is 10.8 Å². The van der Waals surface area contributed by atoms with Gasteiger partial charge >= 0.3 is 0 Å². The molecule has 1 heterocycles. The number of amides is 1. The Labute approximate surface area is 86.9 Å². The average Bonchev–Trinajstić information content (AvgIpc) is 2.76. The van der Waals surface area contributed by atoms with Crippen molar-refractivity contribution >= 4 is 22.4 Å². The fourth-order valence-electron chi connectivity index (χ4n) is 2.89. The van der Waals surface area contributed by atoms with Crippen LogP contribution in [0.2, 0.25) is 0 Å². The zero-order chi connectivity index (χ0) is 9.99. The molecule has 2 aliphatic rings. The highest BCUT2D eigenvalue weighted by atomic mass is 16.2. The number of hydrogen-bond acceptors (Lipinski definition) is 1. The number of benzene rings is 2. The van der Waals surface area contributed by atoms with Gasteiger partial charge in [0.1, 0.15) is 0 Å². The first-order valence-electron chi connectivity index (χ1n) is 5.20. The van der Waals surface area contributed by atoms with Crippen LogP contribution in [0.15, 0.2) is 30.3 Å². The number of nitrogens with one attached hydrogen (secondary N) is 1. The van der Waals surface area contributed by atoms with Crippen molar-refractivity contribution in [1.29, 1.82) is 0 Å². The fraction of sp³-hybridized carbons (Fsp3) is 0.154. The summed E-state index contributed by atoms with van der Waals surface area (Å²) in [5.74, 6) is 0.231. The SMILES string of the molecule is O=C1Nc2ccc3cccc4c3c2C1C4. The first-order chi connectivity index (χ1) is 7.34. The van der Waals surface area contributed by atoms with E-state index >= 15 is 0 Å². The highest BCUT2D eigenvalue weighted by Crippen LogP contribution is 2.46. The maximum absolute atomic E-state index is 11.7. The van der Waals surface area contributed by atoms with Gasteiger partial charge in [0.2, 0.25) is 5.91 Å². The quantitative estimate of drug-likeness (QED) is 0.687. The van der Waals surface area contributed by atoms with E-state index in [1.54, 1.807) is 0 Å². The minimum absolute atomic E-state index is 0.0705. The van der Waals surface area contributed by atoms with Crippen LogP contribution in [0, 0.1) is 0 Å². The van der Waals surface area contributed by atoms with E-state index in [4.69, 9.17) is 0 Å². The lowest BCUT2D eigenvalue weighted by atomic mass is 10.0. The number of hydrogen-bond donors (Lipinski definition) is 1. The molecule has 2 aromatic rings. The first kappa shape index (κ1) is 7.46. The van der Waals surface area contributed by atoms with E-state index in [9.17, 15) is 4.79 Å². The number of carbonyl (C=O) groups is 1. The van der Waals surface area contributed by atoms with Gasteiger partial charge in [0.15, 0.2) is 0 Å². The van der Waals surface area contributed by atoms with Gasteiger partial charge in [-0.1, -0.05) is 24.3 Å². The van der Waals surface area contributed by atoms with Crippen LogP contribution in [-0.2, 0) is 11.2 Å². The summed E-state index contributed by atoms with van der Waals surface area (Å²) in [6.45, 7) is 0. The van der Waals surface area contributed by atoms with Crippen molar-refractivity contribution in [1.82, 2.24) is 0 Å². The summed E-state index contributed by atoms with van der Waals surface area (Å²) in [6.07, 6.45) is 0.871. The molecule has 2 nitrogen and oxygen atoms in total. The van der Waals surface area contributed by atoms with E-state index in [1.165, 1.54) is 21.9 Å². The molecule has 0 fully saturated rings. The Bertz CT molecular complexity index is 615. The maximum Gasteiger partial charge on any atom is 0.232 e. The van der Waals surface area contributed by atoms with E-state index < -0.39 is 0 Å². The highest BCUT2D eigenvalue weighted by molar-refractivity contribution is 6.11. The van der Waals surface area contributed by atoms with E-state index in [0.29, 0.717) is 0 Å². The van der Waals surface area contributed by atoms with Gasteiger partial charge in [0.05, 0.1) is 5.92 Å². The summed E-state index contributed by atoms with van der Waals surface area (Å²) in [7, 11) is 0. The summed E-state index contributed by atoms with van der Waals surface area (Å²) in [5.41, 5.74) is 3.57. The molecule has 0 bridgehead atoms. The van der Waals surface area contributed by atoms with Gasteiger partial charge in [0, 0.05) is 5.69 Å². The fourth-order valence-corrected chi connectivity index (χ4v) is 2.89. The molecule has 2 heteroatoms. The van der Waals surface area contributed by atoms with Crippen molar-refractivity contribution in [3.05, 3.63) is 41.5 Å². The van der Waals surface area contributed by atoms with Crippen molar-refractivity contribution < 1.29 is 4.79 Å². The third kappa shape index (κ3) is 0.743.